The average molecular weight is 260 g/mol. The quantitative estimate of drug-likeness (QED) is 0.868. The maximum Gasteiger partial charge on any atom is 0.137 e. The molecule has 0 bridgehead atoms. The molecule has 1 aromatic carbocycles. The molecule has 3 heteroatoms. The molecule has 14 heavy (non-hydrogen) atoms. The molecule has 0 fully saturated rings. The number of benzene rings is 1. The molecule has 0 unspecified atom stereocenters. The van der Waals surface area contributed by atoms with Crippen molar-refractivity contribution in [2.24, 2.45) is 5.73 Å². The molecule has 0 atom stereocenters. The van der Waals surface area contributed by atoms with E-state index in [1.807, 2.05) is 20.8 Å². The van der Waals surface area contributed by atoms with Crippen molar-refractivity contribution in [2.45, 2.75) is 32.7 Å². The fraction of sp³-hybridized carbons (Fsp3) is 0.455. The highest BCUT2D eigenvalue weighted by atomic mass is 79.9. The van der Waals surface area contributed by atoms with Gasteiger partial charge in [-0.1, -0.05) is 6.07 Å². The summed E-state index contributed by atoms with van der Waals surface area (Å²) in [5.74, 6) is -0.227. The van der Waals surface area contributed by atoms with E-state index in [2.05, 4.69) is 15.9 Å². The number of halogens is 2. The topological polar surface area (TPSA) is 26.0 Å². The first-order valence-corrected chi connectivity index (χ1v) is 5.33. The molecule has 1 rings (SSSR count). The number of nitrogens with two attached hydrogens (primary N) is 1. The Bertz CT molecular complexity index is 342. The molecule has 0 aromatic heterocycles. The van der Waals surface area contributed by atoms with Crippen LogP contribution in [0.15, 0.2) is 16.6 Å². The Morgan fingerprint density at radius 2 is 2.00 bits per heavy atom. The standard InChI is InChI=1S/C11H15BrFN/c1-7-4-5-9(13)10(12)8(7)6-11(2,3)14/h4-5H,6,14H2,1-3H3. The molecular formula is C11H15BrFN. The lowest BCUT2D eigenvalue weighted by molar-refractivity contribution is 0.511. The van der Waals surface area contributed by atoms with Crippen molar-refractivity contribution in [3.8, 4) is 0 Å². The predicted molar refractivity (Wildman–Crippen MR) is 60.8 cm³/mol. The van der Waals surface area contributed by atoms with Gasteiger partial charge in [-0.3, -0.25) is 0 Å². The van der Waals surface area contributed by atoms with Gasteiger partial charge in [-0.2, -0.15) is 0 Å². The first-order chi connectivity index (χ1) is 6.31. The van der Waals surface area contributed by atoms with E-state index in [9.17, 15) is 4.39 Å². The Kier molecular flexibility index (Phi) is 3.32. The summed E-state index contributed by atoms with van der Waals surface area (Å²) in [4.78, 5) is 0. The van der Waals surface area contributed by atoms with Gasteiger partial charge in [-0.05, 0) is 60.3 Å². The first-order valence-electron chi connectivity index (χ1n) is 4.53. The Hall–Kier alpha value is -0.410. The number of aryl methyl sites for hydroxylation is 1. The van der Waals surface area contributed by atoms with Gasteiger partial charge in [0.15, 0.2) is 0 Å². The second kappa shape index (κ2) is 3.99. The smallest absolute Gasteiger partial charge is 0.137 e. The van der Waals surface area contributed by atoms with Crippen LogP contribution in [-0.2, 0) is 6.42 Å². The Morgan fingerprint density at radius 3 is 2.50 bits per heavy atom. The van der Waals surface area contributed by atoms with E-state index in [1.165, 1.54) is 6.07 Å². The van der Waals surface area contributed by atoms with Crippen LogP contribution in [0.25, 0.3) is 0 Å². The van der Waals surface area contributed by atoms with Gasteiger partial charge in [0.25, 0.3) is 0 Å². The van der Waals surface area contributed by atoms with E-state index in [4.69, 9.17) is 5.73 Å². The molecule has 78 valence electrons. The normalized spacial score (nSPS) is 11.9. The Balaban J connectivity index is 3.13. The van der Waals surface area contributed by atoms with Crippen LogP contribution in [0.1, 0.15) is 25.0 Å². The Morgan fingerprint density at radius 1 is 1.43 bits per heavy atom. The van der Waals surface area contributed by atoms with Crippen LogP contribution in [0.2, 0.25) is 0 Å². The fourth-order valence-electron chi connectivity index (χ4n) is 1.36. The zero-order chi connectivity index (χ0) is 10.9. The van der Waals surface area contributed by atoms with Gasteiger partial charge < -0.3 is 5.73 Å². The first kappa shape index (κ1) is 11.7. The lowest BCUT2D eigenvalue weighted by Crippen LogP contribution is -2.34. The van der Waals surface area contributed by atoms with Crippen LogP contribution in [0.5, 0.6) is 0 Å². The number of hydrogen-bond acceptors (Lipinski definition) is 1. The highest BCUT2D eigenvalue weighted by Crippen LogP contribution is 2.26. The second-order valence-corrected chi connectivity index (χ2v) is 5.12. The molecule has 1 aromatic rings. The highest BCUT2D eigenvalue weighted by molar-refractivity contribution is 9.10. The highest BCUT2D eigenvalue weighted by Gasteiger charge is 2.17. The fourth-order valence-corrected chi connectivity index (χ4v) is 1.95. The van der Waals surface area contributed by atoms with Crippen LogP contribution in [0, 0.1) is 12.7 Å². The second-order valence-electron chi connectivity index (χ2n) is 4.32. The van der Waals surface area contributed by atoms with Crippen LogP contribution >= 0.6 is 15.9 Å². The van der Waals surface area contributed by atoms with E-state index < -0.39 is 0 Å². The summed E-state index contributed by atoms with van der Waals surface area (Å²) in [6.07, 6.45) is 0.664. The summed E-state index contributed by atoms with van der Waals surface area (Å²) in [5, 5.41) is 0. The molecule has 2 N–H and O–H groups in total. The molecule has 1 nitrogen and oxygen atoms in total. The summed E-state index contributed by atoms with van der Waals surface area (Å²) < 4.78 is 13.8. The molecule has 0 aliphatic carbocycles. The lowest BCUT2D eigenvalue weighted by atomic mass is 9.93. The monoisotopic (exact) mass is 259 g/mol. The molecule has 0 radical (unpaired) electrons. The molecule has 0 heterocycles. The average Bonchev–Trinajstić information content (AvgIpc) is 2.04. The van der Waals surface area contributed by atoms with E-state index in [1.54, 1.807) is 6.07 Å². The molecule has 0 aliphatic heterocycles. The summed E-state index contributed by atoms with van der Waals surface area (Å²) >= 11 is 3.25. The lowest BCUT2D eigenvalue weighted by Gasteiger charge is -2.21. The molecule has 0 saturated carbocycles. The minimum absolute atomic E-state index is 0.227. The van der Waals surface area contributed by atoms with Crippen molar-refractivity contribution in [1.29, 1.82) is 0 Å². The molecule has 0 amide bonds. The van der Waals surface area contributed by atoms with E-state index >= 15 is 0 Å². The molecular weight excluding hydrogens is 245 g/mol. The van der Waals surface area contributed by atoms with Gasteiger partial charge in [0, 0.05) is 5.54 Å². The van der Waals surface area contributed by atoms with Crippen molar-refractivity contribution >= 4 is 15.9 Å². The van der Waals surface area contributed by atoms with Gasteiger partial charge in [-0.25, -0.2) is 4.39 Å². The van der Waals surface area contributed by atoms with Crippen molar-refractivity contribution in [1.82, 2.24) is 0 Å². The van der Waals surface area contributed by atoms with Crippen LogP contribution in [0.3, 0.4) is 0 Å². The van der Waals surface area contributed by atoms with E-state index in [-0.39, 0.29) is 11.4 Å². The van der Waals surface area contributed by atoms with Crippen LogP contribution in [0.4, 0.5) is 4.39 Å². The summed E-state index contributed by atoms with van der Waals surface area (Å²) in [7, 11) is 0. The third-order valence-electron chi connectivity index (χ3n) is 2.06. The third-order valence-corrected chi connectivity index (χ3v) is 2.92. The number of rotatable bonds is 2. The predicted octanol–water partition coefficient (Wildman–Crippen LogP) is 3.18. The number of hydrogen-bond donors (Lipinski definition) is 1. The minimum atomic E-state index is -0.318. The summed E-state index contributed by atoms with van der Waals surface area (Å²) in [6, 6.07) is 3.24. The van der Waals surface area contributed by atoms with Gasteiger partial charge >= 0.3 is 0 Å². The van der Waals surface area contributed by atoms with Gasteiger partial charge in [0.05, 0.1) is 4.47 Å². The van der Waals surface area contributed by atoms with E-state index in [0.717, 1.165) is 11.1 Å². The zero-order valence-corrected chi connectivity index (χ0v) is 10.3. The summed E-state index contributed by atoms with van der Waals surface area (Å²) in [5.41, 5.74) is 7.62. The maximum atomic E-state index is 13.2. The van der Waals surface area contributed by atoms with E-state index in [0.29, 0.717) is 10.9 Å². The van der Waals surface area contributed by atoms with Crippen molar-refractivity contribution in [3.05, 3.63) is 33.5 Å². The van der Waals surface area contributed by atoms with Crippen LogP contribution in [-0.4, -0.2) is 5.54 Å². The van der Waals surface area contributed by atoms with Gasteiger partial charge in [-0.15, -0.1) is 0 Å². The van der Waals surface area contributed by atoms with Crippen molar-refractivity contribution in [2.75, 3.05) is 0 Å². The SMILES string of the molecule is Cc1ccc(F)c(Br)c1CC(C)(C)N. The third kappa shape index (κ3) is 2.79. The largest absolute Gasteiger partial charge is 0.325 e. The zero-order valence-electron chi connectivity index (χ0n) is 8.70. The van der Waals surface area contributed by atoms with Gasteiger partial charge in [0.1, 0.15) is 5.82 Å². The molecule has 0 saturated heterocycles. The van der Waals surface area contributed by atoms with Crippen LogP contribution < -0.4 is 5.73 Å². The molecule has 0 spiro atoms. The van der Waals surface area contributed by atoms with Gasteiger partial charge in [0.2, 0.25) is 0 Å². The Labute approximate surface area is 92.6 Å². The van der Waals surface area contributed by atoms with Crippen molar-refractivity contribution in [3.63, 3.8) is 0 Å². The summed E-state index contributed by atoms with van der Waals surface area (Å²) in [6.45, 7) is 5.83. The minimum Gasteiger partial charge on any atom is -0.325 e. The maximum absolute atomic E-state index is 13.2. The van der Waals surface area contributed by atoms with Crippen molar-refractivity contribution < 1.29 is 4.39 Å². The molecule has 0 aliphatic rings.